The number of hydrogen-bond acceptors (Lipinski definition) is 8. The van der Waals surface area contributed by atoms with Crippen molar-refractivity contribution in [1.29, 1.82) is 0 Å². The van der Waals surface area contributed by atoms with Gasteiger partial charge in [-0.1, -0.05) is 214 Å². The van der Waals surface area contributed by atoms with Crippen LogP contribution >= 0.6 is 0 Å². The standard InChI is InChI=1S/C60H101NO8/c1-6-8-10-12-14-16-17-18-19-20-21-22-23-24-25-26-27-28-29-30-31-32-33-34-35-36-37-38-39-40-41-43-45-47-49-51-58(63)69-56(55-68-60(59(64)65)66-53-52-61(3,4)5)54-67-57(62)50-48-46-44-42-15-13-11-9-7-2/h8,10,14,16,18-19,21-22,24-25,27-28,30-31,33-34,56,60H,6-7,9,11-13,15,17,20,23,26,29,32,35-55H2,1-5H3/b10-8-,16-14-,19-18-,22-21-,25-24-,28-27-,31-30-,34-33-. The molecule has 0 aliphatic carbocycles. The molecule has 2 atom stereocenters. The van der Waals surface area contributed by atoms with Gasteiger partial charge >= 0.3 is 11.9 Å². The van der Waals surface area contributed by atoms with Crippen LogP contribution in [0.15, 0.2) is 97.2 Å². The minimum absolute atomic E-state index is 0.144. The van der Waals surface area contributed by atoms with Crippen molar-refractivity contribution in [2.45, 2.75) is 219 Å². The Kier molecular flexibility index (Phi) is 47.8. The normalized spacial score (nSPS) is 13.6. The molecule has 0 amide bonds. The molecule has 0 saturated heterocycles. The first-order chi connectivity index (χ1) is 33.6. The molecule has 9 heteroatoms. The van der Waals surface area contributed by atoms with Crippen LogP contribution in [0.25, 0.3) is 0 Å². The molecule has 0 aromatic rings. The lowest BCUT2D eigenvalue weighted by Gasteiger charge is -2.26. The summed E-state index contributed by atoms with van der Waals surface area (Å²) in [5.74, 6) is -2.30. The fourth-order valence-electron chi connectivity index (χ4n) is 7.14. The van der Waals surface area contributed by atoms with E-state index in [9.17, 15) is 19.5 Å². The van der Waals surface area contributed by atoms with Crippen molar-refractivity contribution in [2.24, 2.45) is 0 Å². The quantitative estimate of drug-likeness (QED) is 0.0195. The zero-order valence-electron chi connectivity index (χ0n) is 44.6. The molecule has 0 aromatic carbocycles. The number of esters is 2. The molecule has 0 bridgehead atoms. The van der Waals surface area contributed by atoms with Gasteiger partial charge in [-0.3, -0.25) is 9.59 Å². The van der Waals surface area contributed by atoms with Gasteiger partial charge in [0, 0.05) is 12.8 Å². The number of allylic oxidation sites excluding steroid dienone is 16. The summed E-state index contributed by atoms with van der Waals surface area (Å²) in [6.07, 6.45) is 64.7. The molecule has 0 aromatic heterocycles. The largest absolute Gasteiger partial charge is 0.545 e. The summed E-state index contributed by atoms with van der Waals surface area (Å²) in [6.45, 7) is 4.59. The third kappa shape index (κ3) is 51.9. The van der Waals surface area contributed by atoms with Crippen molar-refractivity contribution in [3.05, 3.63) is 97.2 Å². The Morgan fingerprint density at radius 3 is 1.23 bits per heavy atom. The van der Waals surface area contributed by atoms with Crippen molar-refractivity contribution >= 4 is 17.9 Å². The topological polar surface area (TPSA) is 111 Å². The van der Waals surface area contributed by atoms with Crippen LogP contribution in [0.1, 0.15) is 206 Å². The summed E-state index contributed by atoms with van der Waals surface area (Å²) in [7, 11) is 5.90. The number of rotatable bonds is 49. The molecule has 2 unspecified atom stereocenters. The minimum Gasteiger partial charge on any atom is -0.545 e. The summed E-state index contributed by atoms with van der Waals surface area (Å²) in [5.41, 5.74) is 0. The monoisotopic (exact) mass is 964 g/mol. The molecule has 0 fully saturated rings. The maximum Gasteiger partial charge on any atom is 0.306 e. The van der Waals surface area contributed by atoms with Crippen LogP contribution in [0.4, 0.5) is 0 Å². The smallest absolute Gasteiger partial charge is 0.306 e. The van der Waals surface area contributed by atoms with E-state index in [2.05, 4.69) is 111 Å². The van der Waals surface area contributed by atoms with Crippen LogP contribution in [0.5, 0.6) is 0 Å². The SMILES string of the molecule is CC/C=C\C/C=C\C/C=C\C/C=C\C/C=C\C/C=C\C/C=C\C/C=C\CCCCCCCCCCCCC(=O)OC(COC(=O)CCCCCCCCCCC)COC(OCC[N+](C)(C)C)C(=O)[O-]. The number of hydrogen-bond donors (Lipinski definition) is 0. The molecule has 0 spiro atoms. The van der Waals surface area contributed by atoms with Gasteiger partial charge in [0.25, 0.3) is 0 Å². The number of likely N-dealkylation sites (N-methyl/N-ethyl adjacent to an activating group) is 1. The van der Waals surface area contributed by atoms with E-state index in [0.717, 1.165) is 96.3 Å². The molecule has 0 aliphatic rings. The minimum atomic E-state index is -1.62. The molecule has 0 aliphatic heterocycles. The van der Waals surface area contributed by atoms with E-state index in [4.69, 9.17) is 18.9 Å². The van der Waals surface area contributed by atoms with E-state index in [1.807, 2.05) is 21.1 Å². The van der Waals surface area contributed by atoms with Crippen LogP contribution < -0.4 is 5.11 Å². The number of carbonyl (C=O) groups excluding carboxylic acids is 3. The maximum absolute atomic E-state index is 12.8. The zero-order chi connectivity index (χ0) is 50.6. The summed E-state index contributed by atoms with van der Waals surface area (Å²) < 4.78 is 22.6. The van der Waals surface area contributed by atoms with E-state index in [1.54, 1.807) is 0 Å². The van der Waals surface area contributed by atoms with Crippen molar-refractivity contribution in [1.82, 2.24) is 0 Å². The second kappa shape index (κ2) is 50.6. The highest BCUT2D eigenvalue weighted by molar-refractivity contribution is 5.70. The van der Waals surface area contributed by atoms with Gasteiger partial charge in [-0.2, -0.15) is 0 Å². The summed E-state index contributed by atoms with van der Waals surface area (Å²) in [4.78, 5) is 37.0. The first kappa shape index (κ1) is 65.2. The number of aliphatic carboxylic acids is 1. The van der Waals surface area contributed by atoms with E-state index < -0.39 is 24.3 Å². The van der Waals surface area contributed by atoms with Crippen LogP contribution in [0.2, 0.25) is 0 Å². The van der Waals surface area contributed by atoms with Gasteiger partial charge in [-0.25, -0.2) is 0 Å². The van der Waals surface area contributed by atoms with Gasteiger partial charge < -0.3 is 33.3 Å². The molecule has 0 heterocycles. The van der Waals surface area contributed by atoms with Gasteiger partial charge in [0.2, 0.25) is 0 Å². The molecule has 0 rings (SSSR count). The molecule has 394 valence electrons. The van der Waals surface area contributed by atoms with Crippen molar-refractivity contribution in [2.75, 3.05) is 47.5 Å². The number of carboxylic acid groups (broad SMARTS) is 1. The Bertz CT molecular complexity index is 1450. The van der Waals surface area contributed by atoms with E-state index in [1.165, 1.54) is 77.0 Å². The highest BCUT2D eigenvalue weighted by Gasteiger charge is 2.22. The lowest BCUT2D eigenvalue weighted by molar-refractivity contribution is -0.870. The summed E-state index contributed by atoms with van der Waals surface area (Å²) >= 11 is 0. The summed E-state index contributed by atoms with van der Waals surface area (Å²) in [5, 5.41) is 11.7. The number of nitrogens with zero attached hydrogens (tertiary/aromatic N) is 1. The predicted octanol–water partition coefficient (Wildman–Crippen LogP) is 14.4. The Morgan fingerprint density at radius 1 is 0.449 bits per heavy atom. The average molecular weight is 964 g/mol. The van der Waals surface area contributed by atoms with Crippen LogP contribution in [0, 0.1) is 0 Å². The Balaban J connectivity index is 4.13. The van der Waals surface area contributed by atoms with Crippen molar-refractivity contribution < 1.29 is 42.9 Å². The van der Waals surface area contributed by atoms with Crippen LogP contribution in [-0.4, -0.2) is 82.3 Å². The van der Waals surface area contributed by atoms with E-state index >= 15 is 0 Å². The van der Waals surface area contributed by atoms with E-state index in [-0.39, 0.29) is 38.6 Å². The van der Waals surface area contributed by atoms with Crippen LogP contribution in [-0.2, 0) is 33.3 Å². The van der Waals surface area contributed by atoms with Crippen LogP contribution in [0.3, 0.4) is 0 Å². The molecular weight excluding hydrogens is 863 g/mol. The van der Waals surface area contributed by atoms with Gasteiger partial charge in [-0.15, -0.1) is 0 Å². The number of carbonyl (C=O) groups is 3. The Labute approximate surface area is 422 Å². The van der Waals surface area contributed by atoms with Crippen molar-refractivity contribution in [3.8, 4) is 0 Å². The van der Waals surface area contributed by atoms with Crippen molar-refractivity contribution in [3.63, 3.8) is 0 Å². The Hall–Kier alpha value is -3.79. The fourth-order valence-corrected chi connectivity index (χ4v) is 7.14. The fraction of sp³-hybridized carbons (Fsp3) is 0.683. The molecule has 9 nitrogen and oxygen atoms in total. The third-order valence-corrected chi connectivity index (χ3v) is 11.3. The number of ether oxygens (including phenoxy) is 4. The molecular formula is C60H101NO8. The number of unbranched alkanes of at least 4 members (excludes halogenated alkanes) is 18. The number of carboxylic acids is 1. The highest BCUT2D eigenvalue weighted by atomic mass is 16.7. The first-order valence-corrected chi connectivity index (χ1v) is 27.4. The lowest BCUT2D eigenvalue weighted by Crippen LogP contribution is -2.44. The first-order valence-electron chi connectivity index (χ1n) is 27.4. The highest BCUT2D eigenvalue weighted by Crippen LogP contribution is 2.15. The zero-order valence-corrected chi connectivity index (χ0v) is 44.6. The Morgan fingerprint density at radius 2 is 0.826 bits per heavy atom. The summed E-state index contributed by atoms with van der Waals surface area (Å²) in [6, 6.07) is 0. The predicted molar refractivity (Wildman–Crippen MR) is 287 cm³/mol. The maximum atomic E-state index is 12.8. The van der Waals surface area contributed by atoms with Gasteiger partial charge in [0.05, 0.1) is 40.3 Å². The molecule has 0 N–H and O–H groups in total. The van der Waals surface area contributed by atoms with E-state index in [0.29, 0.717) is 17.4 Å². The lowest BCUT2D eigenvalue weighted by atomic mass is 10.0. The van der Waals surface area contributed by atoms with Gasteiger partial charge in [0.15, 0.2) is 12.4 Å². The molecule has 0 saturated carbocycles. The second-order valence-electron chi connectivity index (χ2n) is 19.1. The molecule has 69 heavy (non-hydrogen) atoms. The molecule has 0 radical (unpaired) electrons. The number of quaternary nitrogens is 1. The third-order valence-electron chi connectivity index (χ3n) is 11.3. The average Bonchev–Trinajstić information content (AvgIpc) is 3.31. The van der Waals surface area contributed by atoms with Gasteiger partial charge in [-0.05, 0) is 77.0 Å². The van der Waals surface area contributed by atoms with Gasteiger partial charge in [0.1, 0.15) is 13.2 Å². The second-order valence-corrected chi connectivity index (χ2v) is 19.1.